The largest absolute Gasteiger partial charge is 0.484 e. The summed E-state index contributed by atoms with van der Waals surface area (Å²) in [6, 6.07) is 10.2. The minimum absolute atomic E-state index is 0.184. The van der Waals surface area contributed by atoms with Crippen LogP contribution in [0.3, 0.4) is 0 Å². The molecular weight excluding hydrogens is 340 g/mol. The third kappa shape index (κ3) is 3.80. The Labute approximate surface area is 141 Å². The molecule has 1 aromatic heterocycles. The lowest BCUT2D eigenvalue weighted by Crippen LogP contribution is -2.46. The maximum atomic E-state index is 12.0. The lowest BCUT2D eigenvalue weighted by molar-refractivity contribution is -0.140. The summed E-state index contributed by atoms with van der Waals surface area (Å²) in [5, 5.41) is 1.50. The molecule has 2 heterocycles. The lowest BCUT2D eigenvalue weighted by Gasteiger charge is -2.22. The number of nitrogens with one attached hydrogen (secondary N) is 1. The van der Waals surface area contributed by atoms with Crippen LogP contribution >= 0.6 is 23.4 Å². The van der Waals surface area contributed by atoms with Crippen molar-refractivity contribution < 1.29 is 18.7 Å². The molecule has 120 valence electrons. The van der Waals surface area contributed by atoms with E-state index in [2.05, 4.69) is 5.43 Å². The van der Waals surface area contributed by atoms with Crippen LogP contribution in [0.5, 0.6) is 5.75 Å². The molecule has 23 heavy (non-hydrogen) atoms. The van der Waals surface area contributed by atoms with Crippen molar-refractivity contribution in [2.45, 2.75) is 5.37 Å². The third-order valence-corrected chi connectivity index (χ3v) is 4.51. The van der Waals surface area contributed by atoms with Crippen LogP contribution in [0, 0.1) is 0 Å². The molecule has 0 bridgehead atoms. The van der Waals surface area contributed by atoms with Gasteiger partial charge >= 0.3 is 0 Å². The predicted molar refractivity (Wildman–Crippen MR) is 85.8 cm³/mol. The Bertz CT molecular complexity index is 690. The number of rotatable bonds is 5. The Morgan fingerprint density at radius 1 is 1.39 bits per heavy atom. The van der Waals surface area contributed by atoms with Crippen molar-refractivity contribution in [1.29, 1.82) is 0 Å². The summed E-state index contributed by atoms with van der Waals surface area (Å²) in [5.74, 6) is 0.807. The molecule has 1 aromatic carbocycles. The van der Waals surface area contributed by atoms with Gasteiger partial charge in [0.05, 0.1) is 12.0 Å². The summed E-state index contributed by atoms with van der Waals surface area (Å²) in [4.78, 5) is 23.9. The third-order valence-electron chi connectivity index (χ3n) is 3.08. The van der Waals surface area contributed by atoms with Gasteiger partial charge in [-0.25, -0.2) is 5.01 Å². The van der Waals surface area contributed by atoms with Crippen molar-refractivity contribution in [3.63, 3.8) is 0 Å². The number of hydrazine groups is 1. The Hall–Kier alpha value is -2.12. The zero-order chi connectivity index (χ0) is 16.2. The average Bonchev–Trinajstić information content (AvgIpc) is 3.18. The van der Waals surface area contributed by atoms with E-state index < -0.39 is 5.91 Å². The highest BCUT2D eigenvalue weighted by Crippen LogP contribution is 2.37. The topological polar surface area (TPSA) is 71.8 Å². The van der Waals surface area contributed by atoms with Crippen LogP contribution in [0.4, 0.5) is 0 Å². The van der Waals surface area contributed by atoms with E-state index in [1.54, 1.807) is 36.4 Å². The summed E-state index contributed by atoms with van der Waals surface area (Å²) >= 11 is 7.17. The fraction of sp³-hybridized carbons (Fsp3) is 0.200. The van der Waals surface area contributed by atoms with Gasteiger partial charge in [-0.3, -0.25) is 15.0 Å². The summed E-state index contributed by atoms with van der Waals surface area (Å²) < 4.78 is 10.7. The smallest absolute Gasteiger partial charge is 0.276 e. The van der Waals surface area contributed by atoms with Gasteiger partial charge in [-0.05, 0) is 36.4 Å². The van der Waals surface area contributed by atoms with Crippen LogP contribution in [0.2, 0.25) is 5.02 Å². The Kier molecular flexibility index (Phi) is 4.78. The van der Waals surface area contributed by atoms with Gasteiger partial charge in [-0.15, -0.1) is 11.8 Å². The monoisotopic (exact) mass is 352 g/mol. The summed E-state index contributed by atoms with van der Waals surface area (Å²) in [7, 11) is 0. The number of carbonyl (C=O) groups is 2. The van der Waals surface area contributed by atoms with Gasteiger partial charge in [0.1, 0.15) is 11.5 Å². The average molecular weight is 353 g/mol. The molecule has 1 saturated heterocycles. The number of halogens is 1. The van der Waals surface area contributed by atoms with Crippen molar-refractivity contribution in [2.75, 3.05) is 12.4 Å². The fourth-order valence-electron chi connectivity index (χ4n) is 2.03. The first-order valence-corrected chi connectivity index (χ1v) is 8.21. The molecule has 1 unspecified atom stereocenters. The SMILES string of the molecule is O=C(COc1ccc(Cl)cc1)NN1C(=O)CSC1c1ccco1. The first kappa shape index (κ1) is 15.8. The molecule has 8 heteroatoms. The molecule has 1 N–H and O–H groups in total. The molecular formula is C15H13ClN2O4S. The maximum absolute atomic E-state index is 12.0. The van der Waals surface area contributed by atoms with Crippen LogP contribution in [0.15, 0.2) is 47.1 Å². The van der Waals surface area contributed by atoms with E-state index in [4.69, 9.17) is 20.8 Å². The van der Waals surface area contributed by atoms with E-state index in [1.807, 2.05) is 0 Å². The molecule has 1 aliphatic rings. The maximum Gasteiger partial charge on any atom is 0.276 e. The van der Waals surface area contributed by atoms with Crippen molar-refractivity contribution in [3.8, 4) is 5.75 Å². The van der Waals surface area contributed by atoms with Gasteiger partial charge in [0.25, 0.3) is 11.8 Å². The normalized spacial score (nSPS) is 17.3. The number of benzene rings is 1. The second-order valence-electron chi connectivity index (χ2n) is 4.72. The summed E-state index contributed by atoms with van der Waals surface area (Å²) in [6.45, 7) is -0.207. The van der Waals surface area contributed by atoms with Crippen molar-refractivity contribution >= 4 is 35.2 Å². The Morgan fingerprint density at radius 2 is 2.17 bits per heavy atom. The molecule has 6 nitrogen and oxygen atoms in total. The second-order valence-corrected chi connectivity index (χ2v) is 6.23. The predicted octanol–water partition coefficient (Wildman–Crippen LogP) is 2.62. The highest BCUT2D eigenvalue weighted by Gasteiger charge is 2.36. The minimum atomic E-state index is -0.424. The number of carbonyl (C=O) groups excluding carboxylic acids is 2. The zero-order valence-electron chi connectivity index (χ0n) is 11.9. The molecule has 0 saturated carbocycles. The van der Waals surface area contributed by atoms with Gasteiger partial charge < -0.3 is 9.15 Å². The highest BCUT2D eigenvalue weighted by atomic mass is 35.5. The molecule has 1 atom stereocenters. The molecule has 2 amide bonds. The first-order chi connectivity index (χ1) is 11.1. The zero-order valence-corrected chi connectivity index (χ0v) is 13.5. The van der Waals surface area contributed by atoms with E-state index in [1.165, 1.54) is 23.0 Å². The molecule has 0 aliphatic carbocycles. The number of hydrogen-bond donors (Lipinski definition) is 1. The van der Waals surface area contributed by atoms with Crippen LogP contribution in [0.1, 0.15) is 11.1 Å². The molecule has 2 aromatic rings. The van der Waals surface area contributed by atoms with Crippen LogP contribution in [-0.2, 0) is 9.59 Å². The second kappa shape index (κ2) is 6.97. The Morgan fingerprint density at radius 3 is 2.87 bits per heavy atom. The van der Waals surface area contributed by atoms with E-state index in [-0.39, 0.29) is 23.6 Å². The number of hydrogen-bond acceptors (Lipinski definition) is 5. The standard InChI is InChI=1S/C15H13ClN2O4S/c16-10-3-5-11(6-4-10)22-8-13(19)17-18-14(20)9-23-15(18)12-2-1-7-21-12/h1-7,15H,8-9H2,(H,17,19). The molecule has 1 fully saturated rings. The van der Waals surface area contributed by atoms with E-state index >= 15 is 0 Å². The van der Waals surface area contributed by atoms with Gasteiger partial charge in [0.2, 0.25) is 0 Å². The van der Waals surface area contributed by atoms with E-state index in [9.17, 15) is 9.59 Å². The van der Waals surface area contributed by atoms with Crippen LogP contribution in [-0.4, -0.2) is 29.2 Å². The first-order valence-electron chi connectivity index (χ1n) is 6.78. The van der Waals surface area contributed by atoms with Crippen LogP contribution in [0.25, 0.3) is 0 Å². The van der Waals surface area contributed by atoms with Crippen molar-refractivity contribution in [3.05, 3.63) is 53.4 Å². The lowest BCUT2D eigenvalue weighted by atomic mass is 10.3. The van der Waals surface area contributed by atoms with E-state index in [0.29, 0.717) is 16.5 Å². The van der Waals surface area contributed by atoms with Gasteiger partial charge in [-0.1, -0.05) is 11.6 Å². The number of furan rings is 1. The number of ether oxygens (including phenoxy) is 1. The van der Waals surface area contributed by atoms with Crippen molar-refractivity contribution in [1.82, 2.24) is 10.4 Å². The van der Waals surface area contributed by atoms with Crippen molar-refractivity contribution in [2.24, 2.45) is 0 Å². The Balaban J connectivity index is 1.57. The molecule has 0 spiro atoms. The number of amides is 2. The summed E-state index contributed by atoms with van der Waals surface area (Å²) in [5.41, 5.74) is 2.56. The highest BCUT2D eigenvalue weighted by molar-refractivity contribution is 8.00. The summed E-state index contributed by atoms with van der Waals surface area (Å²) in [6.07, 6.45) is 1.53. The number of nitrogens with zero attached hydrogens (tertiary/aromatic N) is 1. The van der Waals surface area contributed by atoms with Gasteiger partial charge in [-0.2, -0.15) is 0 Å². The van der Waals surface area contributed by atoms with Gasteiger partial charge in [0, 0.05) is 5.02 Å². The van der Waals surface area contributed by atoms with E-state index in [0.717, 1.165) is 0 Å². The quantitative estimate of drug-likeness (QED) is 0.895. The fourth-order valence-corrected chi connectivity index (χ4v) is 3.22. The number of thioether (sulfide) groups is 1. The molecule has 0 radical (unpaired) electrons. The van der Waals surface area contributed by atoms with Crippen LogP contribution < -0.4 is 10.2 Å². The molecule has 3 rings (SSSR count). The van der Waals surface area contributed by atoms with Gasteiger partial charge in [0.15, 0.2) is 12.0 Å². The molecule has 1 aliphatic heterocycles. The minimum Gasteiger partial charge on any atom is -0.484 e.